The summed E-state index contributed by atoms with van der Waals surface area (Å²) in [6.07, 6.45) is 4.50. The van der Waals surface area contributed by atoms with Crippen LogP contribution in [0.4, 0.5) is 0 Å². The Hall–Kier alpha value is -0.170. The highest BCUT2D eigenvalue weighted by Crippen LogP contribution is 2.26. The van der Waals surface area contributed by atoms with Crippen molar-refractivity contribution in [1.82, 2.24) is 9.62 Å². The van der Waals surface area contributed by atoms with Gasteiger partial charge in [0.15, 0.2) is 0 Å². The van der Waals surface area contributed by atoms with E-state index < -0.39 is 10.0 Å². The third-order valence-corrected chi connectivity index (χ3v) is 6.08. The number of piperidine rings is 1. The normalized spacial score (nSPS) is 26.9. The third kappa shape index (κ3) is 4.15. The van der Waals surface area contributed by atoms with Crippen molar-refractivity contribution in [2.45, 2.75) is 38.6 Å². The van der Waals surface area contributed by atoms with E-state index >= 15 is 0 Å². The summed E-state index contributed by atoms with van der Waals surface area (Å²) < 4.78 is 31.0. The maximum atomic E-state index is 12.1. The zero-order valence-electron chi connectivity index (χ0n) is 11.8. The SMILES string of the molecule is CCOCCS(=O)(=O)N1CCC(C2CCCN2)CC1. The minimum Gasteiger partial charge on any atom is -0.381 e. The molecule has 19 heavy (non-hydrogen) atoms. The summed E-state index contributed by atoms with van der Waals surface area (Å²) in [6.45, 7) is 5.24. The minimum atomic E-state index is -3.11. The lowest BCUT2D eigenvalue weighted by atomic mass is 9.89. The summed E-state index contributed by atoms with van der Waals surface area (Å²) >= 11 is 0. The fourth-order valence-electron chi connectivity index (χ4n) is 3.11. The van der Waals surface area contributed by atoms with Crippen LogP contribution in [0.15, 0.2) is 0 Å². The van der Waals surface area contributed by atoms with E-state index in [1.54, 1.807) is 4.31 Å². The van der Waals surface area contributed by atoms with Gasteiger partial charge < -0.3 is 10.1 Å². The van der Waals surface area contributed by atoms with Gasteiger partial charge in [0, 0.05) is 25.7 Å². The third-order valence-electron chi connectivity index (χ3n) is 4.25. The lowest BCUT2D eigenvalue weighted by Crippen LogP contribution is -2.44. The molecule has 2 saturated heterocycles. The highest BCUT2D eigenvalue weighted by Gasteiger charge is 2.32. The molecule has 2 aliphatic rings. The molecule has 2 heterocycles. The van der Waals surface area contributed by atoms with E-state index in [9.17, 15) is 8.42 Å². The average molecular weight is 290 g/mol. The molecule has 2 aliphatic heterocycles. The Morgan fingerprint density at radius 2 is 2.00 bits per heavy atom. The minimum absolute atomic E-state index is 0.118. The molecule has 2 rings (SSSR count). The maximum Gasteiger partial charge on any atom is 0.216 e. The number of hydrogen-bond acceptors (Lipinski definition) is 4. The van der Waals surface area contributed by atoms with Crippen LogP contribution in [0.25, 0.3) is 0 Å². The van der Waals surface area contributed by atoms with Crippen LogP contribution >= 0.6 is 0 Å². The standard InChI is InChI=1S/C13H26N2O3S/c1-2-18-10-11-19(16,17)15-8-5-12(6-9-15)13-4-3-7-14-13/h12-14H,2-11H2,1H3. The molecule has 0 amide bonds. The van der Waals surface area contributed by atoms with Crippen LogP contribution in [0.5, 0.6) is 0 Å². The van der Waals surface area contributed by atoms with Gasteiger partial charge in [0.1, 0.15) is 0 Å². The molecule has 6 heteroatoms. The molecular formula is C13H26N2O3S. The van der Waals surface area contributed by atoms with Crippen LogP contribution in [0, 0.1) is 5.92 Å². The number of ether oxygens (including phenoxy) is 1. The van der Waals surface area contributed by atoms with Crippen LogP contribution in [-0.4, -0.2) is 57.4 Å². The number of sulfonamides is 1. The molecule has 0 bridgehead atoms. The van der Waals surface area contributed by atoms with Crippen molar-refractivity contribution in [2.75, 3.05) is 38.6 Å². The first-order chi connectivity index (χ1) is 9.13. The first-order valence-electron chi connectivity index (χ1n) is 7.42. The van der Waals surface area contributed by atoms with Crippen LogP contribution in [0.1, 0.15) is 32.6 Å². The Bertz CT molecular complexity index is 358. The van der Waals surface area contributed by atoms with E-state index in [-0.39, 0.29) is 5.75 Å². The van der Waals surface area contributed by atoms with Crippen molar-refractivity contribution in [1.29, 1.82) is 0 Å². The van der Waals surface area contributed by atoms with Crippen molar-refractivity contribution >= 4 is 10.0 Å². The lowest BCUT2D eigenvalue weighted by Gasteiger charge is -2.34. The van der Waals surface area contributed by atoms with Gasteiger partial charge in [-0.2, -0.15) is 0 Å². The molecule has 112 valence electrons. The molecule has 0 radical (unpaired) electrons. The zero-order chi connectivity index (χ0) is 13.7. The number of nitrogens with zero attached hydrogens (tertiary/aromatic N) is 1. The van der Waals surface area contributed by atoms with E-state index in [4.69, 9.17) is 4.74 Å². The molecule has 0 aliphatic carbocycles. The molecule has 1 unspecified atom stereocenters. The molecule has 0 spiro atoms. The van der Waals surface area contributed by atoms with Crippen LogP contribution in [0.3, 0.4) is 0 Å². The van der Waals surface area contributed by atoms with E-state index in [0.29, 0.717) is 38.3 Å². The fourth-order valence-corrected chi connectivity index (χ4v) is 4.46. The van der Waals surface area contributed by atoms with Gasteiger partial charge >= 0.3 is 0 Å². The van der Waals surface area contributed by atoms with E-state index in [2.05, 4.69) is 5.32 Å². The second-order valence-electron chi connectivity index (χ2n) is 5.45. The molecule has 0 aromatic carbocycles. The Labute approximate surface area is 116 Å². The first kappa shape index (κ1) is 15.2. The van der Waals surface area contributed by atoms with Gasteiger partial charge in [0.05, 0.1) is 12.4 Å². The summed E-state index contributed by atoms with van der Waals surface area (Å²) in [5.41, 5.74) is 0. The number of hydrogen-bond donors (Lipinski definition) is 1. The Balaban J connectivity index is 1.78. The van der Waals surface area contributed by atoms with Crippen LogP contribution in [-0.2, 0) is 14.8 Å². The molecular weight excluding hydrogens is 264 g/mol. The summed E-state index contributed by atoms with van der Waals surface area (Å²) in [6, 6.07) is 0.619. The van der Waals surface area contributed by atoms with Crippen molar-refractivity contribution in [3.05, 3.63) is 0 Å². The molecule has 5 nitrogen and oxygen atoms in total. The number of rotatable bonds is 6. The largest absolute Gasteiger partial charge is 0.381 e. The van der Waals surface area contributed by atoms with Gasteiger partial charge in [-0.15, -0.1) is 0 Å². The molecule has 2 fully saturated rings. The highest BCUT2D eigenvalue weighted by molar-refractivity contribution is 7.89. The van der Waals surface area contributed by atoms with Crippen molar-refractivity contribution in [3.63, 3.8) is 0 Å². The zero-order valence-corrected chi connectivity index (χ0v) is 12.6. The number of nitrogens with one attached hydrogen (secondary N) is 1. The summed E-state index contributed by atoms with van der Waals surface area (Å²) in [7, 11) is -3.11. The first-order valence-corrected chi connectivity index (χ1v) is 9.03. The Kier molecular flexibility index (Phi) is 5.62. The molecule has 1 atom stereocenters. The van der Waals surface area contributed by atoms with E-state index in [0.717, 1.165) is 19.4 Å². The molecule has 0 aromatic heterocycles. The van der Waals surface area contributed by atoms with Crippen molar-refractivity contribution in [3.8, 4) is 0 Å². The highest BCUT2D eigenvalue weighted by atomic mass is 32.2. The van der Waals surface area contributed by atoms with Crippen molar-refractivity contribution in [2.24, 2.45) is 5.92 Å². The van der Waals surface area contributed by atoms with Gasteiger partial charge in [0.2, 0.25) is 10.0 Å². The summed E-state index contributed by atoms with van der Waals surface area (Å²) in [5, 5.41) is 3.53. The summed E-state index contributed by atoms with van der Waals surface area (Å²) in [4.78, 5) is 0. The van der Waals surface area contributed by atoms with Gasteiger partial charge in [-0.25, -0.2) is 12.7 Å². The van der Waals surface area contributed by atoms with E-state index in [1.807, 2.05) is 6.92 Å². The van der Waals surface area contributed by atoms with Gasteiger partial charge in [-0.3, -0.25) is 0 Å². The second kappa shape index (κ2) is 7.02. The maximum absolute atomic E-state index is 12.1. The van der Waals surface area contributed by atoms with Gasteiger partial charge in [0.25, 0.3) is 0 Å². The van der Waals surface area contributed by atoms with Crippen molar-refractivity contribution < 1.29 is 13.2 Å². The van der Waals surface area contributed by atoms with Crippen LogP contribution in [0.2, 0.25) is 0 Å². The quantitative estimate of drug-likeness (QED) is 0.736. The molecule has 1 N–H and O–H groups in total. The van der Waals surface area contributed by atoms with Gasteiger partial charge in [-0.05, 0) is 45.1 Å². The second-order valence-corrected chi connectivity index (χ2v) is 7.54. The predicted octanol–water partition coefficient (Wildman–Crippen LogP) is 0.817. The smallest absolute Gasteiger partial charge is 0.216 e. The lowest BCUT2D eigenvalue weighted by molar-refractivity contribution is 0.161. The van der Waals surface area contributed by atoms with Crippen LogP contribution < -0.4 is 5.32 Å². The molecule has 0 aromatic rings. The Morgan fingerprint density at radius 1 is 1.26 bits per heavy atom. The topological polar surface area (TPSA) is 58.6 Å². The fraction of sp³-hybridized carbons (Fsp3) is 1.00. The predicted molar refractivity (Wildman–Crippen MR) is 75.6 cm³/mol. The molecule has 0 saturated carbocycles. The monoisotopic (exact) mass is 290 g/mol. The summed E-state index contributed by atoms with van der Waals surface area (Å²) in [5.74, 6) is 0.772. The Morgan fingerprint density at radius 3 is 2.58 bits per heavy atom. The van der Waals surface area contributed by atoms with E-state index in [1.165, 1.54) is 12.8 Å². The average Bonchev–Trinajstić information content (AvgIpc) is 2.93. The van der Waals surface area contributed by atoms with Gasteiger partial charge in [-0.1, -0.05) is 0 Å².